The Morgan fingerprint density at radius 1 is 1.27 bits per heavy atom. The van der Waals surface area contributed by atoms with Crippen LogP contribution in [-0.4, -0.2) is 33.5 Å². The Hall–Kier alpha value is -4.21. The van der Waals surface area contributed by atoms with Crippen molar-refractivity contribution < 1.29 is 18.7 Å². The van der Waals surface area contributed by atoms with Crippen LogP contribution in [0.25, 0.3) is 11.0 Å². The lowest BCUT2D eigenvalue weighted by Gasteiger charge is -2.27. The van der Waals surface area contributed by atoms with Crippen LogP contribution in [0, 0.1) is 6.92 Å². The molecule has 10 nitrogen and oxygen atoms in total. The van der Waals surface area contributed by atoms with E-state index < -0.39 is 17.4 Å². The quantitative estimate of drug-likeness (QED) is 0.586. The maximum Gasteiger partial charge on any atom is 0.292 e. The second-order valence-corrected chi connectivity index (χ2v) is 6.84. The Kier molecular flexibility index (Phi) is 4.66. The second kappa shape index (κ2) is 7.32. The largest absolute Gasteiger partial charge is 0.451 e. The molecule has 152 valence electrons. The van der Waals surface area contributed by atoms with E-state index in [1.807, 2.05) is 0 Å². The van der Waals surface area contributed by atoms with E-state index >= 15 is 0 Å². The van der Waals surface area contributed by atoms with E-state index in [1.165, 1.54) is 18.6 Å². The molecule has 10 heteroatoms. The summed E-state index contributed by atoms with van der Waals surface area (Å²) in [6.45, 7) is 3.39. The van der Waals surface area contributed by atoms with Crippen LogP contribution in [0.15, 0.2) is 58.2 Å². The van der Waals surface area contributed by atoms with E-state index in [1.54, 1.807) is 44.3 Å². The molecule has 1 aliphatic rings. The fraction of sp³-hybridized carbons (Fsp3) is 0.150. The second-order valence-electron chi connectivity index (χ2n) is 6.84. The molecule has 0 spiro atoms. The number of amides is 2. The topological polar surface area (TPSA) is 145 Å². The van der Waals surface area contributed by atoms with Gasteiger partial charge in [0, 0.05) is 12.3 Å². The van der Waals surface area contributed by atoms with E-state index in [0.29, 0.717) is 22.5 Å². The molecule has 2 aromatic heterocycles. The number of aromatic nitrogens is 2. The molecule has 4 N–H and O–H groups in total. The Balaban J connectivity index is 1.57. The van der Waals surface area contributed by atoms with Crippen LogP contribution >= 0.6 is 0 Å². The molecule has 1 unspecified atom stereocenters. The standard InChI is InChI=1S/C20H18N6O4/c1-11-7-24-16(8-23-11)25-18(27)15-6-12-13(29-15)4-3-5-14(12)30-17-9-22-10-20(2,26-17)19(21)28/h3-10,26H,1-2H3,(H2,21,28)(H,24,25,27). The van der Waals surface area contributed by atoms with Gasteiger partial charge in [0.2, 0.25) is 11.8 Å². The maximum absolute atomic E-state index is 12.5. The minimum atomic E-state index is -1.17. The molecule has 30 heavy (non-hydrogen) atoms. The molecule has 4 rings (SSSR count). The SMILES string of the molecule is Cc1cnc(NC(=O)c2cc3c(OC4=CN=CC(C)(C(N)=O)N4)cccc3o2)cn1. The third kappa shape index (κ3) is 3.70. The van der Waals surface area contributed by atoms with Gasteiger partial charge in [-0.05, 0) is 26.0 Å². The lowest BCUT2D eigenvalue weighted by Crippen LogP contribution is -2.55. The van der Waals surface area contributed by atoms with Crippen LogP contribution in [0.4, 0.5) is 5.82 Å². The third-order valence-electron chi connectivity index (χ3n) is 4.41. The van der Waals surface area contributed by atoms with E-state index in [-0.39, 0.29) is 11.6 Å². The van der Waals surface area contributed by atoms with Gasteiger partial charge in [0.1, 0.15) is 11.3 Å². The highest BCUT2D eigenvalue weighted by molar-refractivity contribution is 6.05. The molecule has 2 amide bonds. The number of ether oxygens (including phenoxy) is 1. The third-order valence-corrected chi connectivity index (χ3v) is 4.41. The highest BCUT2D eigenvalue weighted by atomic mass is 16.5. The van der Waals surface area contributed by atoms with Crippen molar-refractivity contribution in [2.45, 2.75) is 19.4 Å². The van der Waals surface area contributed by atoms with Crippen LogP contribution in [0.3, 0.4) is 0 Å². The normalized spacial score (nSPS) is 17.9. The number of aryl methyl sites for hydroxylation is 1. The van der Waals surface area contributed by atoms with Crippen molar-refractivity contribution >= 4 is 34.8 Å². The number of nitrogens with zero attached hydrogens (tertiary/aromatic N) is 3. The van der Waals surface area contributed by atoms with Crippen molar-refractivity contribution in [3.05, 3.63) is 60.2 Å². The number of hydrogen-bond acceptors (Lipinski definition) is 8. The van der Waals surface area contributed by atoms with E-state index in [0.717, 1.165) is 5.69 Å². The molecule has 0 aliphatic carbocycles. The Labute approximate surface area is 170 Å². The van der Waals surface area contributed by atoms with Gasteiger partial charge in [-0.2, -0.15) is 0 Å². The number of nitrogens with one attached hydrogen (secondary N) is 2. The van der Waals surface area contributed by atoms with Gasteiger partial charge in [0.05, 0.1) is 29.7 Å². The maximum atomic E-state index is 12.5. The molecule has 0 bridgehead atoms. The molecule has 0 fully saturated rings. The van der Waals surface area contributed by atoms with Gasteiger partial charge < -0.3 is 25.5 Å². The number of fused-ring (bicyclic) bond motifs is 1. The molecule has 1 aliphatic heterocycles. The number of primary amides is 1. The molecule has 0 radical (unpaired) electrons. The first-order chi connectivity index (χ1) is 14.3. The minimum absolute atomic E-state index is 0.0778. The summed E-state index contributed by atoms with van der Waals surface area (Å²) in [5.41, 5.74) is 5.43. The first-order valence-electron chi connectivity index (χ1n) is 8.97. The molecule has 1 atom stereocenters. The van der Waals surface area contributed by atoms with E-state index in [9.17, 15) is 9.59 Å². The van der Waals surface area contributed by atoms with Crippen LogP contribution in [0.2, 0.25) is 0 Å². The first-order valence-corrected chi connectivity index (χ1v) is 8.97. The van der Waals surface area contributed by atoms with Crippen molar-refractivity contribution in [3.8, 4) is 5.75 Å². The van der Waals surface area contributed by atoms with Gasteiger partial charge in [-0.3, -0.25) is 19.6 Å². The highest BCUT2D eigenvalue weighted by Gasteiger charge is 2.32. The predicted molar refractivity (Wildman–Crippen MR) is 109 cm³/mol. The molecule has 0 saturated heterocycles. The molecule has 1 aromatic carbocycles. The average molecular weight is 406 g/mol. The summed E-state index contributed by atoms with van der Waals surface area (Å²) in [7, 11) is 0. The monoisotopic (exact) mass is 406 g/mol. The van der Waals surface area contributed by atoms with Gasteiger partial charge >= 0.3 is 0 Å². The fourth-order valence-corrected chi connectivity index (χ4v) is 2.74. The molecule has 0 saturated carbocycles. The van der Waals surface area contributed by atoms with Crippen molar-refractivity contribution in [3.63, 3.8) is 0 Å². The number of carbonyl (C=O) groups is 2. The Morgan fingerprint density at radius 3 is 2.83 bits per heavy atom. The lowest BCUT2D eigenvalue weighted by molar-refractivity contribution is -0.121. The van der Waals surface area contributed by atoms with Gasteiger partial charge in [-0.1, -0.05) is 6.07 Å². The summed E-state index contributed by atoms with van der Waals surface area (Å²) < 4.78 is 11.5. The van der Waals surface area contributed by atoms with Crippen molar-refractivity contribution in [1.29, 1.82) is 0 Å². The first kappa shape index (κ1) is 19.1. The van der Waals surface area contributed by atoms with Gasteiger partial charge in [0.25, 0.3) is 5.91 Å². The summed E-state index contributed by atoms with van der Waals surface area (Å²) in [5, 5.41) is 6.09. The number of aliphatic imine (C=N–C) groups is 1. The number of nitrogens with two attached hydrogens (primary N) is 1. The van der Waals surface area contributed by atoms with Crippen LogP contribution in [0.5, 0.6) is 5.75 Å². The summed E-state index contributed by atoms with van der Waals surface area (Å²) in [6.07, 6.45) is 5.83. The molecular weight excluding hydrogens is 388 g/mol. The van der Waals surface area contributed by atoms with Crippen LogP contribution in [0.1, 0.15) is 23.2 Å². The van der Waals surface area contributed by atoms with Gasteiger partial charge in [0.15, 0.2) is 17.1 Å². The number of anilines is 1. The average Bonchev–Trinajstić information content (AvgIpc) is 3.15. The zero-order valence-electron chi connectivity index (χ0n) is 16.2. The minimum Gasteiger partial charge on any atom is -0.451 e. The number of furan rings is 1. The van der Waals surface area contributed by atoms with Gasteiger partial charge in [-0.15, -0.1) is 0 Å². The molecule has 3 aromatic rings. The molecular formula is C20H18N6O4. The predicted octanol–water partition coefficient (Wildman–Crippen LogP) is 1.88. The summed E-state index contributed by atoms with van der Waals surface area (Å²) in [4.78, 5) is 36.4. The zero-order valence-corrected chi connectivity index (χ0v) is 16.2. The molecule has 3 heterocycles. The zero-order chi connectivity index (χ0) is 21.3. The Bertz CT molecular complexity index is 1200. The van der Waals surface area contributed by atoms with E-state index in [2.05, 4.69) is 25.6 Å². The van der Waals surface area contributed by atoms with Crippen molar-refractivity contribution in [1.82, 2.24) is 15.3 Å². The van der Waals surface area contributed by atoms with Crippen LogP contribution < -0.4 is 21.1 Å². The van der Waals surface area contributed by atoms with E-state index in [4.69, 9.17) is 14.9 Å². The number of benzene rings is 1. The van der Waals surface area contributed by atoms with Crippen molar-refractivity contribution in [2.75, 3.05) is 5.32 Å². The van der Waals surface area contributed by atoms with Crippen molar-refractivity contribution in [2.24, 2.45) is 10.7 Å². The smallest absolute Gasteiger partial charge is 0.292 e. The highest BCUT2D eigenvalue weighted by Crippen LogP contribution is 2.30. The van der Waals surface area contributed by atoms with Gasteiger partial charge in [-0.25, -0.2) is 4.98 Å². The number of rotatable bonds is 5. The number of carbonyl (C=O) groups excluding carboxylic acids is 2. The number of hydrogen-bond donors (Lipinski definition) is 3. The lowest BCUT2D eigenvalue weighted by atomic mass is 10.0. The summed E-state index contributed by atoms with van der Waals surface area (Å²) in [6, 6.07) is 6.68. The summed E-state index contributed by atoms with van der Waals surface area (Å²) >= 11 is 0. The van der Waals surface area contributed by atoms with Crippen LogP contribution in [-0.2, 0) is 4.79 Å². The summed E-state index contributed by atoms with van der Waals surface area (Å²) in [5.74, 6) is -0.0467. The fourth-order valence-electron chi connectivity index (χ4n) is 2.74. The Morgan fingerprint density at radius 2 is 2.10 bits per heavy atom.